The monoisotopic (exact) mass is 420 g/mol. The van der Waals surface area contributed by atoms with Crippen LogP contribution < -0.4 is 0 Å². The molecule has 0 aromatic heterocycles. The third-order valence-electron chi connectivity index (χ3n) is 11.1. The molecule has 0 aromatic carbocycles. The van der Waals surface area contributed by atoms with Gasteiger partial charge in [0.05, 0.1) is 18.3 Å². The van der Waals surface area contributed by atoms with E-state index in [1.54, 1.807) is 0 Å². The van der Waals surface area contributed by atoms with Gasteiger partial charge in [0, 0.05) is 0 Å². The molecule has 0 radical (unpaired) electrons. The first-order valence-corrected chi connectivity index (χ1v) is 13.1. The Morgan fingerprint density at radius 2 is 1.50 bits per heavy atom. The summed E-state index contributed by atoms with van der Waals surface area (Å²) in [5, 5.41) is 31.9. The SMILES string of the molecule is CC(C)C(O)CC[C@@H](C)[C@H]1CC[C@H]2[C@@H]3[C@H](O)C[C@@H]4C[C@H](O)CC[C@]4(C)[C@H]3CC[C@]12C. The van der Waals surface area contributed by atoms with Crippen molar-refractivity contribution in [3.05, 3.63) is 0 Å². The molecule has 4 aliphatic rings. The Morgan fingerprint density at radius 1 is 0.833 bits per heavy atom. The third kappa shape index (κ3) is 3.69. The van der Waals surface area contributed by atoms with E-state index in [4.69, 9.17) is 0 Å². The van der Waals surface area contributed by atoms with Crippen molar-refractivity contribution in [2.24, 2.45) is 52.3 Å². The molecule has 0 heterocycles. The molecular formula is C27H48O3. The van der Waals surface area contributed by atoms with E-state index in [0.717, 1.165) is 44.4 Å². The van der Waals surface area contributed by atoms with Gasteiger partial charge >= 0.3 is 0 Å². The maximum Gasteiger partial charge on any atom is 0.0577 e. The Labute approximate surface area is 185 Å². The van der Waals surface area contributed by atoms with Crippen LogP contribution in [0.15, 0.2) is 0 Å². The van der Waals surface area contributed by atoms with E-state index < -0.39 is 0 Å². The zero-order chi connectivity index (χ0) is 21.8. The predicted octanol–water partition coefficient (Wildman–Crippen LogP) is 5.41. The van der Waals surface area contributed by atoms with Crippen LogP contribution in [0.3, 0.4) is 0 Å². The van der Waals surface area contributed by atoms with Gasteiger partial charge in [-0.3, -0.25) is 0 Å². The number of fused-ring (bicyclic) bond motifs is 5. The van der Waals surface area contributed by atoms with Crippen molar-refractivity contribution in [1.82, 2.24) is 0 Å². The Morgan fingerprint density at radius 3 is 2.20 bits per heavy atom. The highest BCUT2D eigenvalue weighted by molar-refractivity contribution is 5.11. The van der Waals surface area contributed by atoms with Gasteiger partial charge in [-0.1, -0.05) is 34.6 Å². The largest absolute Gasteiger partial charge is 0.393 e. The van der Waals surface area contributed by atoms with Gasteiger partial charge in [-0.15, -0.1) is 0 Å². The van der Waals surface area contributed by atoms with E-state index in [9.17, 15) is 15.3 Å². The van der Waals surface area contributed by atoms with Gasteiger partial charge in [0.15, 0.2) is 0 Å². The maximum atomic E-state index is 11.4. The average Bonchev–Trinajstić information content (AvgIpc) is 3.04. The van der Waals surface area contributed by atoms with Crippen LogP contribution in [0.2, 0.25) is 0 Å². The summed E-state index contributed by atoms with van der Waals surface area (Å²) in [6.07, 6.45) is 10.6. The second-order valence-corrected chi connectivity index (χ2v) is 12.8. The zero-order valence-electron chi connectivity index (χ0n) is 20.2. The lowest BCUT2D eigenvalue weighted by atomic mass is 9.43. The van der Waals surface area contributed by atoms with Crippen molar-refractivity contribution in [2.75, 3.05) is 0 Å². The Hall–Kier alpha value is -0.120. The average molecular weight is 421 g/mol. The summed E-state index contributed by atoms with van der Waals surface area (Å²) in [6.45, 7) is 11.7. The van der Waals surface area contributed by atoms with Crippen molar-refractivity contribution in [3.63, 3.8) is 0 Å². The van der Waals surface area contributed by atoms with Crippen LogP contribution in [0.1, 0.15) is 98.8 Å². The van der Waals surface area contributed by atoms with E-state index in [2.05, 4.69) is 34.6 Å². The van der Waals surface area contributed by atoms with Crippen LogP contribution in [-0.2, 0) is 0 Å². The summed E-state index contributed by atoms with van der Waals surface area (Å²) in [5.74, 6) is 3.97. The van der Waals surface area contributed by atoms with Crippen LogP contribution in [0.4, 0.5) is 0 Å². The summed E-state index contributed by atoms with van der Waals surface area (Å²) in [6, 6.07) is 0. The summed E-state index contributed by atoms with van der Waals surface area (Å²) in [5.41, 5.74) is 0.664. The normalized spacial score (nSPS) is 50.5. The van der Waals surface area contributed by atoms with Crippen molar-refractivity contribution < 1.29 is 15.3 Å². The smallest absolute Gasteiger partial charge is 0.0577 e. The number of aliphatic hydroxyl groups is 3. The lowest BCUT2D eigenvalue weighted by molar-refractivity contribution is -0.174. The first kappa shape index (κ1) is 23.1. The molecule has 1 unspecified atom stereocenters. The molecule has 3 N–H and O–H groups in total. The highest BCUT2D eigenvalue weighted by Crippen LogP contribution is 2.68. The van der Waals surface area contributed by atoms with E-state index in [1.807, 2.05) is 0 Å². The highest BCUT2D eigenvalue weighted by Gasteiger charge is 2.62. The minimum atomic E-state index is -0.181. The first-order valence-electron chi connectivity index (χ1n) is 13.1. The molecule has 0 aromatic rings. The second-order valence-electron chi connectivity index (χ2n) is 12.8. The molecule has 11 atom stereocenters. The van der Waals surface area contributed by atoms with E-state index >= 15 is 0 Å². The summed E-state index contributed by atoms with van der Waals surface area (Å²) in [7, 11) is 0. The number of aliphatic hydroxyl groups excluding tert-OH is 3. The van der Waals surface area contributed by atoms with Gasteiger partial charge in [0.2, 0.25) is 0 Å². The zero-order valence-corrected chi connectivity index (χ0v) is 20.2. The second kappa shape index (κ2) is 8.34. The highest BCUT2D eigenvalue weighted by atomic mass is 16.3. The third-order valence-corrected chi connectivity index (χ3v) is 11.1. The standard InChI is InChI=1S/C27H48O3/c1-16(2)23(29)9-6-17(3)20-7-8-21-25-22(11-13-27(20,21)5)26(4)12-10-19(28)14-18(26)15-24(25)30/h16-25,28-30H,6-15H2,1-5H3/t17-,18+,19-,20-,21+,22+,23?,24-,25+,26+,27-/m1/s1. The lowest BCUT2D eigenvalue weighted by Crippen LogP contribution is -2.58. The van der Waals surface area contributed by atoms with Gasteiger partial charge in [0.25, 0.3) is 0 Å². The fourth-order valence-corrected chi connectivity index (χ4v) is 9.14. The minimum Gasteiger partial charge on any atom is -0.393 e. The topological polar surface area (TPSA) is 60.7 Å². The van der Waals surface area contributed by atoms with Gasteiger partial charge in [-0.25, -0.2) is 0 Å². The quantitative estimate of drug-likeness (QED) is 0.557. The molecule has 3 heteroatoms. The number of hydrogen-bond acceptors (Lipinski definition) is 3. The Bertz CT molecular complexity index is 605. The fraction of sp³-hybridized carbons (Fsp3) is 1.00. The predicted molar refractivity (Wildman–Crippen MR) is 122 cm³/mol. The molecule has 0 spiro atoms. The van der Waals surface area contributed by atoms with Crippen LogP contribution in [0.5, 0.6) is 0 Å². The number of rotatable bonds is 5. The molecule has 4 rings (SSSR count). The van der Waals surface area contributed by atoms with E-state index in [-0.39, 0.29) is 18.3 Å². The van der Waals surface area contributed by atoms with Gasteiger partial charge in [0.1, 0.15) is 0 Å². The summed E-state index contributed by atoms with van der Waals surface area (Å²) in [4.78, 5) is 0. The lowest BCUT2D eigenvalue weighted by Gasteiger charge is -2.62. The molecule has 0 bridgehead atoms. The van der Waals surface area contributed by atoms with Crippen LogP contribution >= 0.6 is 0 Å². The minimum absolute atomic E-state index is 0.154. The van der Waals surface area contributed by atoms with Crippen LogP contribution in [-0.4, -0.2) is 33.6 Å². The van der Waals surface area contributed by atoms with Crippen molar-refractivity contribution >= 4 is 0 Å². The summed E-state index contributed by atoms with van der Waals surface area (Å²) >= 11 is 0. The molecule has 0 saturated heterocycles. The fourth-order valence-electron chi connectivity index (χ4n) is 9.14. The molecular weight excluding hydrogens is 372 g/mol. The Kier molecular flexibility index (Phi) is 6.41. The summed E-state index contributed by atoms with van der Waals surface area (Å²) < 4.78 is 0. The van der Waals surface area contributed by atoms with Gasteiger partial charge < -0.3 is 15.3 Å². The van der Waals surface area contributed by atoms with Crippen LogP contribution in [0.25, 0.3) is 0 Å². The molecule has 174 valence electrons. The van der Waals surface area contributed by atoms with Crippen LogP contribution in [0, 0.1) is 52.3 Å². The molecule has 3 nitrogen and oxygen atoms in total. The van der Waals surface area contributed by atoms with E-state index in [0.29, 0.717) is 46.3 Å². The van der Waals surface area contributed by atoms with E-state index in [1.165, 1.54) is 25.7 Å². The number of hydrogen-bond donors (Lipinski definition) is 3. The molecule has 4 fully saturated rings. The molecule has 4 aliphatic carbocycles. The van der Waals surface area contributed by atoms with Crippen molar-refractivity contribution in [1.29, 1.82) is 0 Å². The molecule has 30 heavy (non-hydrogen) atoms. The Balaban J connectivity index is 1.50. The van der Waals surface area contributed by atoms with Crippen molar-refractivity contribution in [3.8, 4) is 0 Å². The molecule has 0 amide bonds. The molecule has 0 aliphatic heterocycles. The van der Waals surface area contributed by atoms with Gasteiger partial charge in [-0.2, -0.15) is 0 Å². The first-order chi connectivity index (χ1) is 14.1. The maximum absolute atomic E-state index is 11.4. The van der Waals surface area contributed by atoms with Crippen molar-refractivity contribution in [2.45, 2.75) is 117 Å². The molecule has 4 saturated carbocycles. The van der Waals surface area contributed by atoms with Gasteiger partial charge in [-0.05, 0) is 116 Å².